The van der Waals surface area contributed by atoms with Gasteiger partial charge < -0.3 is 9.47 Å². The second-order valence-electron chi connectivity index (χ2n) is 6.85. The number of aromatic nitrogens is 2. The van der Waals surface area contributed by atoms with Crippen LogP contribution in [0.3, 0.4) is 0 Å². The Morgan fingerprint density at radius 3 is 2.97 bits per heavy atom. The molecule has 2 aromatic heterocycles. The lowest BCUT2D eigenvalue weighted by Crippen LogP contribution is -2.37. The van der Waals surface area contributed by atoms with Gasteiger partial charge in [-0.3, -0.25) is 19.8 Å². The smallest absolute Gasteiger partial charge is 0.313 e. The van der Waals surface area contributed by atoms with Crippen LogP contribution in [-0.4, -0.2) is 34.8 Å². The second-order valence-corrected chi connectivity index (χ2v) is 8.05. The molecule has 8 nitrogen and oxygen atoms in total. The van der Waals surface area contributed by atoms with Gasteiger partial charge in [-0.15, -0.1) is 11.3 Å². The number of thiophene rings is 1. The number of amides is 1. The van der Waals surface area contributed by atoms with E-state index < -0.39 is 24.4 Å². The molecule has 0 spiro atoms. The molecule has 0 unspecified atom stereocenters. The largest absolute Gasteiger partial charge is 0.492 e. The molecule has 3 aromatic rings. The molecule has 1 amide bonds. The van der Waals surface area contributed by atoms with Gasteiger partial charge in [0.25, 0.3) is 11.5 Å². The van der Waals surface area contributed by atoms with Crippen LogP contribution in [0.25, 0.3) is 10.2 Å². The molecule has 1 atom stereocenters. The summed E-state index contributed by atoms with van der Waals surface area (Å²) in [4.78, 5) is 42.9. The zero-order chi connectivity index (χ0) is 20.5. The first-order chi connectivity index (χ1) is 13.9. The number of hydrogen-bond acceptors (Lipinski definition) is 7. The van der Waals surface area contributed by atoms with Crippen LogP contribution < -0.4 is 15.7 Å². The highest BCUT2D eigenvalue weighted by Crippen LogP contribution is 2.27. The maximum atomic E-state index is 12.6. The summed E-state index contributed by atoms with van der Waals surface area (Å²) in [6, 6.07) is 7.49. The van der Waals surface area contributed by atoms with Crippen molar-refractivity contribution in [3.63, 3.8) is 0 Å². The SMILES string of the molecule is Cc1sc2ncn(NC(=O)COC(=O)[C@@H]3COc4ccccc4C3)c(=O)c2c1C. The number of nitrogens with zero attached hydrogens (tertiary/aromatic N) is 2. The highest BCUT2D eigenvalue weighted by atomic mass is 32.1. The fraction of sp³-hybridized carbons (Fsp3) is 0.300. The monoisotopic (exact) mass is 413 g/mol. The maximum absolute atomic E-state index is 12.6. The van der Waals surface area contributed by atoms with Crippen LogP contribution in [0, 0.1) is 19.8 Å². The number of carbonyl (C=O) groups excluding carboxylic acids is 2. The van der Waals surface area contributed by atoms with Crippen LogP contribution in [0.15, 0.2) is 35.4 Å². The van der Waals surface area contributed by atoms with Crippen molar-refractivity contribution in [2.45, 2.75) is 20.3 Å². The van der Waals surface area contributed by atoms with E-state index in [2.05, 4.69) is 10.4 Å². The van der Waals surface area contributed by atoms with Crippen molar-refractivity contribution < 1.29 is 19.1 Å². The zero-order valence-electron chi connectivity index (χ0n) is 15.9. The average molecular weight is 413 g/mol. The molecule has 1 aliphatic rings. The molecule has 1 N–H and O–H groups in total. The number of esters is 1. The van der Waals surface area contributed by atoms with Crippen LogP contribution >= 0.6 is 11.3 Å². The molecule has 0 fully saturated rings. The number of nitrogens with one attached hydrogen (secondary N) is 1. The fourth-order valence-electron chi connectivity index (χ4n) is 3.22. The van der Waals surface area contributed by atoms with E-state index in [-0.39, 0.29) is 12.2 Å². The average Bonchev–Trinajstić information content (AvgIpc) is 3.02. The number of ether oxygens (including phenoxy) is 2. The Morgan fingerprint density at radius 1 is 1.34 bits per heavy atom. The van der Waals surface area contributed by atoms with Crippen LogP contribution in [-0.2, 0) is 20.7 Å². The summed E-state index contributed by atoms with van der Waals surface area (Å²) >= 11 is 1.43. The second kappa shape index (κ2) is 7.67. The summed E-state index contributed by atoms with van der Waals surface area (Å²) < 4.78 is 11.7. The highest BCUT2D eigenvalue weighted by Gasteiger charge is 2.27. The fourth-order valence-corrected chi connectivity index (χ4v) is 4.20. The van der Waals surface area contributed by atoms with Crippen LogP contribution in [0.2, 0.25) is 0 Å². The van der Waals surface area contributed by atoms with Crippen molar-refractivity contribution in [3.8, 4) is 5.75 Å². The molecule has 1 aliphatic heterocycles. The third-order valence-electron chi connectivity index (χ3n) is 4.89. The molecule has 4 rings (SSSR count). The number of aryl methyl sites for hydroxylation is 2. The van der Waals surface area contributed by atoms with E-state index in [1.807, 2.05) is 38.1 Å². The topological polar surface area (TPSA) is 99.5 Å². The lowest BCUT2D eigenvalue weighted by atomic mass is 9.97. The standard InChI is InChI=1S/C20H19N3O5S/c1-11-12(2)29-18-17(11)19(25)23(10-21-18)22-16(24)9-28-20(26)14-7-13-5-3-4-6-15(13)27-8-14/h3-6,10,14H,7-9H2,1-2H3,(H,22,24)/t14-/m0/s1. The van der Waals surface area contributed by atoms with E-state index >= 15 is 0 Å². The predicted molar refractivity (Wildman–Crippen MR) is 108 cm³/mol. The third kappa shape index (κ3) is 3.73. The molecular formula is C20H19N3O5S. The van der Waals surface area contributed by atoms with Crippen LogP contribution in [0.5, 0.6) is 5.75 Å². The Balaban J connectivity index is 1.38. The number of rotatable bonds is 4. The van der Waals surface area contributed by atoms with Crippen LogP contribution in [0.4, 0.5) is 0 Å². The number of fused-ring (bicyclic) bond motifs is 2. The van der Waals surface area contributed by atoms with Gasteiger partial charge in [0.15, 0.2) is 6.61 Å². The first kappa shape index (κ1) is 19.1. The first-order valence-electron chi connectivity index (χ1n) is 9.08. The van der Waals surface area contributed by atoms with Crippen molar-refractivity contribution in [1.29, 1.82) is 0 Å². The van der Waals surface area contributed by atoms with Gasteiger partial charge in [0, 0.05) is 4.88 Å². The quantitative estimate of drug-likeness (QED) is 0.656. The van der Waals surface area contributed by atoms with Crippen molar-refractivity contribution in [2.75, 3.05) is 18.6 Å². The van der Waals surface area contributed by atoms with Crippen LogP contribution in [0.1, 0.15) is 16.0 Å². The number of hydrogen-bond donors (Lipinski definition) is 1. The first-order valence-corrected chi connectivity index (χ1v) is 9.90. The van der Waals surface area contributed by atoms with E-state index in [1.54, 1.807) is 0 Å². The van der Waals surface area contributed by atoms with Gasteiger partial charge in [-0.05, 0) is 37.5 Å². The molecule has 0 aliphatic carbocycles. The maximum Gasteiger partial charge on any atom is 0.313 e. The molecule has 0 saturated heterocycles. The molecule has 0 bridgehead atoms. The lowest BCUT2D eigenvalue weighted by Gasteiger charge is -2.23. The van der Waals surface area contributed by atoms with Crippen molar-refractivity contribution in [2.24, 2.45) is 5.92 Å². The van der Waals surface area contributed by atoms with E-state index in [0.717, 1.165) is 26.4 Å². The molecule has 0 radical (unpaired) electrons. The summed E-state index contributed by atoms with van der Waals surface area (Å²) in [7, 11) is 0. The number of para-hydroxylation sites is 1. The van der Waals surface area contributed by atoms with Gasteiger partial charge >= 0.3 is 5.97 Å². The van der Waals surface area contributed by atoms with E-state index in [0.29, 0.717) is 16.6 Å². The molecule has 1 aromatic carbocycles. The Hall–Kier alpha value is -3.20. The predicted octanol–water partition coefficient (Wildman–Crippen LogP) is 1.94. The number of benzene rings is 1. The minimum absolute atomic E-state index is 0.203. The van der Waals surface area contributed by atoms with Gasteiger partial charge in [0.2, 0.25) is 0 Å². The van der Waals surface area contributed by atoms with Crippen molar-refractivity contribution in [3.05, 3.63) is 57.0 Å². The third-order valence-corrected chi connectivity index (χ3v) is 6.01. The van der Waals surface area contributed by atoms with Gasteiger partial charge in [-0.2, -0.15) is 0 Å². The van der Waals surface area contributed by atoms with E-state index in [4.69, 9.17) is 9.47 Å². The summed E-state index contributed by atoms with van der Waals surface area (Å²) in [5, 5.41) is 0.477. The summed E-state index contributed by atoms with van der Waals surface area (Å²) in [6.45, 7) is 3.46. The van der Waals surface area contributed by atoms with Gasteiger partial charge in [0.05, 0.1) is 11.3 Å². The normalized spacial score (nSPS) is 15.4. The molecular weight excluding hydrogens is 394 g/mol. The lowest BCUT2D eigenvalue weighted by molar-refractivity contribution is -0.153. The summed E-state index contributed by atoms with van der Waals surface area (Å²) in [5.74, 6) is -0.853. The Labute approximate surface area is 170 Å². The Bertz CT molecular complexity index is 1170. The number of carbonyl (C=O) groups is 2. The van der Waals surface area contributed by atoms with Gasteiger partial charge in [0.1, 0.15) is 23.5 Å². The van der Waals surface area contributed by atoms with E-state index in [1.165, 1.54) is 17.7 Å². The zero-order valence-corrected chi connectivity index (χ0v) is 16.7. The Kier molecular flexibility index (Phi) is 5.06. The molecule has 3 heterocycles. The van der Waals surface area contributed by atoms with E-state index in [9.17, 15) is 14.4 Å². The highest BCUT2D eigenvalue weighted by molar-refractivity contribution is 7.18. The molecule has 0 saturated carbocycles. The minimum atomic E-state index is -0.622. The van der Waals surface area contributed by atoms with Crippen molar-refractivity contribution in [1.82, 2.24) is 9.66 Å². The minimum Gasteiger partial charge on any atom is -0.492 e. The molecule has 150 valence electrons. The molecule has 29 heavy (non-hydrogen) atoms. The van der Waals surface area contributed by atoms with Gasteiger partial charge in [-0.25, -0.2) is 9.66 Å². The summed E-state index contributed by atoms with van der Waals surface area (Å²) in [5.41, 5.74) is 3.82. The Morgan fingerprint density at radius 2 is 2.14 bits per heavy atom. The van der Waals surface area contributed by atoms with Crippen molar-refractivity contribution >= 4 is 33.4 Å². The molecule has 9 heteroatoms. The summed E-state index contributed by atoms with van der Waals surface area (Å²) in [6.07, 6.45) is 1.75. The van der Waals surface area contributed by atoms with Gasteiger partial charge in [-0.1, -0.05) is 18.2 Å².